The molecule has 0 bridgehead atoms. The summed E-state index contributed by atoms with van der Waals surface area (Å²) < 4.78 is 10.5. The fourth-order valence-corrected chi connectivity index (χ4v) is 2.17. The average Bonchev–Trinajstić information content (AvgIpc) is 2.29. The number of methoxy groups -OCH3 is 1. The van der Waals surface area contributed by atoms with E-state index in [-0.39, 0.29) is 12.1 Å². The van der Waals surface area contributed by atoms with Crippen LogP contribution in [0.4, 0.5) is 0 Å². The lowest BCUT2D eigenvalue weighted by Gasteiger charge is -2.30. The molecule has 2 aliphatic rings. The van der Waals surface area contributed by atoms with E-state index in [0.717, 1.165) is 31.4 Å². The molecule has 1 heterocycles. The third kappa shape index (κ3) is 2.41. The number of hydrogen-bond acceptors (Lipinski definition) is 3. The van der Waals surface area contributed by atoms with Crippen molar-refractivity contribution in [3.63, 3.8) is 0 Å². The molecule has 0 N–H and O–H groups in total. The van der Waals surface area contributed by atoms with Gasteiger partial charge in [0.25, 0.3) is 0 Å². The van der Waals surface area contributed by atoms with Crippen LogP contribution in [0.25, 0.3) is 0 Å². The summed E-state index contributed by atoms with van der Waals surface area (Å²) in [5, 5.41) is 0. The van der Waals surface area contributed by atoms with Crippen molar-refractivity contribution in [1.29, 1.82) is 0 Å². The van der Waals surface area contributed by atoms with Crippen molar-refractivity contribution >= 4 is 5.97 Å². The number of allylic oxidation sites excluding steroid dienone is 2. The zero-order valence-corrected chi connectivity index (χ0v) is 8.94. The highest BCUT2D eigenvalue weighted by Crippen LogP contribution is 2.30. The van der Waals surface area contributed by atoms with Crippen LogP contribution in [-0.2, 0) is 14.3 Å². The lowest BCUT2D eigenvalue weighted by Crippen LogP contribution is -2.31. The van der Waals surface area contributed by atoms with E-state index in [1.54, 1.807) is 7.11 Å². The minimum Gasteiger partial charge on any atom is -0.501 e. The average molecular weight is 208 g/mol. The van der Waals surface area contributed by atoms with Crippen molar-refractivity contribution in [3.05, 3.63) is 24.0 Å². The molecule has 0 spiro atoms. The molecule has 2 atom stereocenters. The molecule has 0 aromatic rings. The second-order valence-corrected chi connectivity index (χ2v) is 4.04. The summed E-state index contributed by atoms with van der Waals surface area (Å²) in [6.07, 6.45) is 9.73. The maximum atomic E-state index is 11.3. The number of rotatable bonds is 2. The Balaban J connectivity index is 2.02. The normalized spacial score (nSPS) is 30.7. The summed E-state index contributed by atoms with van der Waals surface area (Å²) in [6.45, 7) is 0. The van der Waals surface area contributed by atoms with Gasteiger partial charge in [0.1, 0.15) is 11.9 Å². The molecule has 82 valence electrons. The first-order chi connectivity index (χ1) is 7.29. The minimum absolute atomic E-state index is 0.00222. The fourth-order valence-electron chi connectivity index (χ4n) is 2.17. The molecule has 2 rings (SSSR count). The summed E-state index contributed by atoms with van der Waals surface area (Å²) in [7, 11) is 1.60. The van der Waals surface area contributed by atoms with Crippen LogP contribution in [-0.4, -0.2) is 19.2 Å². The van der Waals surface area contributed by atoms with Gasteiger partial charge in [-0.2, -0.15) is 0 Å². The summed E-state index contributed by atoms with van der Waals surface area (Å²) >= 11 is 0. The Hall–Kier alpha value is -1.25. The topological polar surface area (TPSA) is 35.5 Å². The van der Waals surface area contributed by atoms with E-state index in [2.05, 4.69) is 12.2 Å². The van der Waals surface area contributed by atoms with Gasteiger partial charge in [0, 0.05) is 12.3 Å². The molecule has 0 aromatic heterocycles. The largest absolute Gasteiger partial charge is 0.501 e. The van der Waals surface area contributed by atoms with Crippen molar-refractivity contribution in [1.82, 2.24) is 0 Å². The molecule has 0 fully saturated rings. The third-order valence-corrected chi connectivity index (χ3v) is 3.05. The Morgan fingerprint density at radius 2 is 2.33 bits per heavy atom. The summed E-state index contributed by atoms with van der Waals surface area (Å²) in [5.74, 6) is 0.932. The van der Waals surface area contributed by atoms with Gasteiger partial charge < -0.3 is 9.47 Å². The quantitative estimate of drug-likeness (QED) is 0.515. The van der Waals surface area contributed by atoms with Crippen LogP contribution >= 0.6 is 0 Å². The Bertz CT molecular complexity index is 304. The van der Waals surface area contributed by atoms with E-state index in [4.69, 9.17) is 9.47 Å². The molecule has 1 aliphatic carbocycles. The van der Waals surface area contributed by atoms with E-state index < -0.39 is 0 Å². The van der Waals surface area contributed by atoms with E-state index in [0.29, 0.717) is 5.92 Å². The van der Waals surface area contributed by atoms with Crippen LogP contribution in [0.1, 0.15) is 25.7 Å². The lowest BCUT2D eigenvalue weighted by molar-refractivity contribution is -0.148. The molecular formula is C12H16O3. The van der Waals surface area contributed by atoms with Crippen molar-refractivity contribution in [2.45, 2.75) is 31.8 Å². The highest BCUT2D eigenvalue weighted by molar-refractivity contribution is 5.83. The molecule has 0 aromatic carbocycles. The SMILES string of the molecule is COC1=CC(=O)O[C@H]([C@@H]2CC=CCC2)C1. The van der Waals surface area contributed by atoms with E-state index in [1.165, 1.54) is 6.08 Å². The van der Waals surface area contributed by atoms with Crippen molar-refractivity contribution < 1.29 is 14.3 Å². The van der Waals surface area contributed by atoms with Gasteiger partial charge in [-0.15, -0.1) is 0 Å². The van der Waals surface area contributed by atoms with Gasteiger partial charge in [-0.05, 0) is 19.3 Å². The molecule has 0 saturated heterocycles. The van der Waals surface area contributed by atoms with Gasteiger partial charge in [0.15, 0.2) is 0 Å². The first-order valence-electron chi connectivity index (χ1n) is 5.40. The molecular weight excluding hydrogens is 192 g/mol. The second-order valence-electron chi connectivity index (χ2n) is 4.04. The van der Waals surface area contributed by atoms with Gasteiger partial charge in [0.05, 0.1) is 13.2 Å². The standard InChI is InChI=1S/C12H16O3/c1-14-10-7-11(15-12(13)8-10)9-5-3-2-4-6-9/h2-3,8-9,11H,4-7H2,1H3/t9-,11+/m1/s1. The number of carbonyl (C=O) groups is 1. The first-order valence-corrected chi connectivity index (χ1v) is 5.40. The highest BCUT2D eigenvalue weighted by Gasteiger charge is 2.29. The maximum absolute atomic E-state index is 11.3. The smallest absolute Gasteiger partial charge is 0.334 e. The maximum Gasteiger partial charge on any atom is 0.334 e. The van der Waals surface area contributed by atoms with Gasteiger partial charge in [0.2, 0.25) is 0 Å². The summed E-state index contributed by atoms with van der Waals surface area (Å²) in [4.78, 5) is 11.3. The molecule has 0 unspecified atom stereocenters. The van der Waals surface area contributed by atoms with Gasteiger partial charge >= 0.3 is 5.97 Å². The summed E-state index contributed by atoms with van der Waals surface area (Å²) in [5.41, 5.74) is 0. The fraction of sp³-hybridized carbons (Fsp3) is 0.583. The van der Waals surface area contributed by atoms with Gasteiger partial charge in [-0.1, -0.05) is 12.2 Å². The zero-order chi connectivity index (χ0) is 10.7. The molecule has 15 heavy (non-hydrogen) atoms. The van der Waals surface area contributed by atoms with Crippen LogP contribution in [0.5, 0.6) is 0 Å². The Kier molecular flexibility index (Phi) is 3.09. The predicted octanol–water partition coefficient (Wildman–Crippen LogP) is 2.19. The van der Waals surface area contributed by atoms with E-state index >= 15 is 0 Å². The third-order valence-electron chi connectivity index (χ3n) is 3.05. The number of ether oxygens (including phenoxy) is 2. The van der Waals surface area contributed by atoms with Gasteiger partial charge in [-0.25, -0.2) is 4.79 Å². The van der Waals surface area contributed by atoms with Crippen LogP contribution < -0.4 is 0 Å². The van der Waals surface area contributed by atoms with Crippen LogP contribution in [0.15, 0.2) is 24.0 Å². The Morgan fingerprint density at radius 3 is 3.00 bits per heavy atom. The van der Waals surface area contributed by atoms with E-state index in [9.17, 15) is 4.79 Å². The minimum atomic E-state index is -0.266. The molecule has 0 radical (unpaired) electrons. The Morgan fingerprint density at radius 1 is 1.47 bits per heavy atom. The molecule has 3 heteroatoms. The number of esters is 1. The molecule has 1 aliphatic heterocycles. The first kappa shape index (κ1) is 10.3. The van der Waals surface area contributed by atoms with Crippen molar-refractivity contribution in [3.8, 4) is 0 Å². The van der Waals surface area contributed by atoms with Crippen molar-refractivity contribution in [2.24, 2.45) is 5.92 Å². The molecule has 3 nitrogen and oxygen atoms in total. The Labute approximate surface area is 89.8 Å². The van der Waals surface area contributed by atoms with Crippen LogP contribution in [0, 0.1) is 5.92 Å². The van der Waals surface area contributed by atoms with Gasteiger partial charge in [-0.3, -0.25) is 0 Å². The van der Waals surface area contributed by atoms with Crippen molar-refractivity contribution in [2.75, 3.05) is 7.11 Å². The summed E-state index contributed by atoms with van der Waals surface area (Å²) in [6, 6.07) is 0. The number of hydrogen-bond donors (Lipinski definition) is 0. The lowest BCUT2D eigenvalue weighted by atomic mass is 9.87. The van der Waals surface area contributed by atoms with Crippen LogP contribution in [0.2, 0.25) is 0 Å². The zero-order valence-electron chi connectivity index (χ0n) is 8.94. The highest BCUT2D eigenvalue weighted by atomic mass is 16.6. The number of cyclic esters (lactones) is 1. The monoisotopic (exact) mass is 208 g/mol. The molecule has 0 saturated carbocycles. The predicted molar refractivity (Wildman–Crippen MR) is 56.1 cm³/mol. The van der Waals surface area contributed by atoms with E-state index in [1.807, 2.05) is 0 Å². The molecule has 0 amide bonds. The second kappa shape index (κ2) is 4.51. The number of carbonyl (C=O) groups excluding carboxylic acids is 1. The van der Waals surface area contributed by atoms with Crippen LogP contribution in [0.3, 0.4) is 0 Å².